The topological polar surface area (TPSA) is 29.3 Å². The highest BCUT2D eigenvalue weighted by Gasteiger charge is 2.49. The summed E-state index contributed by atoms with van der Waals surface area (Å²) in [6, 6.07) is 0.424. The molecule has 4 bridgehead atoms. The maximum Gasteiger partial charge on any atom is 0.0180 e. The van der Waals surface area contributed by atoms with Crippen LogP contribution in [0.2, 0.25) is 0 Å². The quantitative estimate of drug-likeness (QED) is 0.791. The molecular formula is C17H28N2. The van der Waals surface area contributed by atoms with E-state index in [1.807, 2.05) is 0 Å². The summed E-state index contributed by atoms with van der Waals surface area (Å²) in [6.07, 6.45) is 15.4. The fourth-order valence-electron chi connectivity index (χ4n) is 5.86. The second kappa shape index (κ2) is 4.60. The van der Waals surface area contributed by atoms with E-state index in [9.17, 15) is 0 Å². The molecule has 106 valence electrons. The van der Waals surface area contributed by atoms with E-state index in [0.29, 0.717) is 11.5 Å². The van der Waals surface area contributed by atoms with Crippen molar-refractivity contribution in [2.24, 2.45) is 28.9 Å². The van der Waals surface area contributed by atoms with Crippen molar-refractivity contribution in [3.8, 4) is 0 Å². The van der Waals surface area contributed by atoms with Crippen LogP contribution in [-0.4, -0.2) is 30.6 Å². The normalized spacial score (nSPS) is 49.5. The number of allylic oxidation sites excluding steroid dienone is 1. The third-order valence-corrected chi connectivity index (χ3v) is 6.23. The molecule has 2 nitrogen and oxygen atoms in total. The van der Waals surface area contributed by atoms with Crippen LogP contribution in [-0.2, 0) is 0 Å². The zero-order valence-corrected chi connectivity index (χ0v) is 12.1. The van der Waals surface area contributed by atoms with Gasteiger partial charge in [0.2, 0.25) is 0 Å². The van der Waals surface area contributed by atoms with Crippen molar-refractivity contribution >= 4 is 0 Å². The maximum absolute atomic E-state index is 5.98. The van der Waals surface area contributed by atoms with Crippen LogP contribution in [0.4, 0.5) is 0 Å². The smallest absolute Gasteiger partial charge is 0.0180 e. The number of nitrogens with two attached hydrogens (primary N) is 1. The molecule has 4 saturated carbocycles. The molecule has 5 aliphatic rings. The standard InChI is InChI=1S/C17H28N2/c18-16-2-5-19(12-16)4-1-3-17-9-13-6-14(10-17)8-15(7-13)11-17/h1,3,13-16H,2,4-12,18H2/b3-1+. The third kappa shape index (κ3) is 2.38. The van der Waals surface area contributed by atoms with E-state index < -0.39 is 0 Å². The molecule has 19 heavy (non-hydrogen) atoms. The lowest BCUT2D eigenvalue weighted by Gasteiger charge is -2.56. The Morgan fingerprint density at radius 2 is 1.68 bits per heavy atom. The third-order valence-electron chi connectivity index (χ3n) is 6.23. The van der Waals surface area contributed by atoms with E-state index in [0.717, 1.165) is 30.8 Å². The SMILES string of the molecule is NC1CCN(C/C=C/C23CC4CC(CC(C4)C2)C3)C1. The Balaban J connectivity index is 1.39. The lowest BCUT2D eigenvalue weighted by Crippen LogP contribution is -2.45. The van der Waals surface area contributed by atoms with Crippen molar-refractivity contribution in [3.05, 3.63) is 12.2 Å². The Morgan fingerprint density at radius 3 is 2.21 bits per heavy atom. The van der Waals surface area contributed by atoms with Crippen LogP contribution in [0.5, 0.6) is 0 Å². The molecule has 0 aromatic heterocycles. The van der Waals surface area contributed by atoms with Gasteiger partial charge in [0.1, 0.15) is 0 Å². The lowest BCUT2D eigenvalue weighted by molar-refractivity contribution is -0.0239. The lowest BCUT2D eigenvalue weighted by atomic mass is 9.49. The summed E-state index contributed by atoms with van der Waals surface area (Å²) in [7, 11) is 0. The molecule has 0 spiro atoms. The molecule has 2 N–H and O–H groups in total. The van der Waals surface area contributed by atoms with Crippen molar-refractivity contribution in [2.45, 2.75) is 51.0 Å². The molecule has 1 saturated heterocycles. The zero-order valence-electron chi connectivity index (χ0n) is 12.1. The van der Waals surface area contributed by atoms with Gasteiger partial charge in [0, 0.05) is 25.7 Å². The monoisotopic (exact) mass is 260 g/mol. The molecule has 4 aliphatic carbocycles. The molecule has 1 aliphatic heterocycles. The van der Waals surface area contributed by atoms with E-state index >= 15 is 0 Å². The van der Waals surface area contributed by atoms with E-state index in [1.165, 1.54) is 32.2 Å². The van der Waals surface area contributed by atoms with Crippen LogP contribution >= 0.6 is 0 Å². The fraction of sp³-hybridized carbons (Fsp3) is 0.882. The Hall–Kier alpha value is -0.340. The van der Waals surface area contributed by atoms with Gasteiger partial charge in [0.25, 0.3) is 0 Å². The first-order valence-corrected chi connectivity index (χ1v) is 8.36. The summed E-state index contributed by atoms with van der Waals surface area (Å²) < 4.78 is 0. The first-order valence-electron chi connectivity index (χ1n) is 8.36. The number of rotatable bonds is 3. The molecule has 1 atom stereocenters. The number of likely N-dealkylation sites (tertiary alicyclic amines) is 1. The van der Waals surface area contributed by atoms with Crippen LogP contribution in [0.25, 0.3) is 0 Å². The Bertz CT molecular complexity index is 338. The fourth-order valence-corrected chi connectivity index (χ4v) is 5.86. The number of hydrogen-bond donors (Lipinski definition) is 1. The van der Waals surface area contributed by atoms with Crippen LogP contribution < -0.4 is 5.73 Å². The predicted molar refractivity (Wildman–Crippen MR) is 78.8 cm³/mol. The summed E-state index contributed by atoms with van der Waals surface area (Å²) in [5.41, 5.74) is 6.59. The van der Waals surface area contributed by atoms with Crippen molar-refractivity contribution in [1.29, 1.82) is 0 Å². The van der Waals surface area contributed by atoms with Gasteiger partial charge in [-0.3, -0.25) is 4.90 Å². The molecule has 0 radical (unpaired) electrons. The van der Waals surface area contributed by atoms with Gasteiger partial charge in [-0.2, -0.15) is 0 Å². The highest BCUT2D eigenvalue weighted by Crippen LogP contribution is 2.60. The maximum atomic E-state index is 5.98. The van der Waals surface area contributed by atoms with E-state index in [4.69, 9.17) is 5.73 Å². The van der Waals surface area contributed by atoms with E-state index in [2.05, 4.69) is 17.1 Å². The van der Waals surface area contributed by atoms with Gasteiger partial charge < -0.3 is 5.73 Å². The Morgan fingerprint density at radius 1 is 1.05 bits per heavy atom. The highest BCUT2D eigenvalue weighted by atomic mass is 15.2. The van der Waals surface area contributed by atoms with Gasteiger partial charge in [0.15, 0.2) is 0 Å². The van der Waals surface area contributed by atoms with E-state index in [-0.39, 0.29) is 0 Å². The molecule has 0 amide bonds. The second-order valence-electron chi connectivity index (χ2n) is 7.99. The minimum Gasteiger partial charge on any atom is -0.326 e. The molecular weight excluding hydrogens is 232 g/mol. The summed E-state index contributed by atoms with van der Waals surface area (Å²) in [5.74, 6) is 3.20. The summed E-state index contributed by atoms with van der Waals surface area (Å²) >= 11 is 0. The van der Waals surface area contributed by atoms with Crippen LogP contribution in [0.15, 0.2) is 12.2 Å². The van der Waals surface area contributed by atoms with Crippen LogP contribution in [0.3, 0.4) is 0 Å². The van der Waals surface area contributed by atoms with Gasteiger partial charge in [-0.1, -0.05) is 12.2 Å². The van der Waals surface area contributed by atoms with Crippen molar-refractivity contribution < 1.29 is 0 Å². The molecule has 2 heteroatoms. The van der Waals surface area contributed by atoms with Crippen molar-refractivity contribution in [1.82, 2.24) is 4.90 Å². The summed E-state index contributed by atoms with van der Waals surface area (Å²) in [4.78, 5) is 2.52. The number of hydrogen-bond acceptors (Lipinski definition) is 2. The Kier molecular flexibility index (Phi) is 3.00. The summed E-state index contributed by atoms with van der Waals surface area (Å²) in [6.45, 7) is 3.44. The van der Waals surface area contributed by atoms with E-state index in [1.54, 1.807) is 19.3 Å². The minimum absolute atomic E-state index is 0.424. The average Bonchev–Trinajstić information content (AvgIpc) is 2.73. The molecule has 1 unspecified atom stereocenters. The first kappa shape index (κ1) is 12.4. The van der Waals surface area contributed by atoms with Crippen LogP contribution in [0.1, 0.15) is 44.9 Å². The van der Waals surface area contributed by atoms with Crippen LogP contribution in [0, 0.1) is 23.2 Å². The number of nitrogens with zero attached hydrogens (tertiary/aromatic N) is 1. The second-order valence-corrected chi connectivity index (χ2v) is 7.99. The molecule has 5 fully saturated rings. The largest absolute Gasteiger partial charge is 0.326 e. The average molecular weight is 260 g/mol. The molecule has 5 rings (SSSR count). The van der Waals surface area contributed by atoms with Crippen molar-refractivity contribution in [3.63, 3.8) is 0 Å². The van der Waals surface area contributed by atoms with Crippen molar-refractivity contribution in [2.75, 3.05) is 19.6 Å². The highest BCUT2D eigenvalue weighted by molar-refractivity contribution is 5.11. The van der Waals surface area contributed by atoms with Gasteiger partial charge in [0.05, 0.1) is 0 Å². The molecule has 0 aromatic carbocycles. The predicted octanol–water partition coefficient (Wildman–Crippen LogP) is 2.79. The van der Waals surface area contributed by atoms with Gasteiger partial charge in [-0.25, -0.2) is 0 Å². The van der Waals surface area contributed by atoms with Gasteiger partial charge in [-0.15, -0.1) is 0 Å². The van der Waals surface area contributed by atoms with Gasteiger partial charge in [-0.05, 0) is 68.1 Å². The first-order chi connectivity index (χ1) is 9.21. The Labute approximate surface area is 117 Å². The van der Waals surface area contributed by atoms with Gasteiger partial charge >= 0.3 is 0 Å². The zero-order chi connectivity index (χ0) is 12.9. The molecule has 1 heterocycles. The molecule has 0 aromatic rings. The minimum atomic E-state index is 0.424. The summed E-state index contributed by atoms with van der Waals surface area (Å²) in [5, 5.41) is 0.